The quantitative estimate of drug-likeness (QED) is 0.545. The van der Waals surface area contributed by atoms with E-state index in [4.69, 9.17) is 27.6 Å². The fraction of sp³-hybridized carbons (Fsp3) is 0.182. The number of carbonyl (C=O) groups excluding carboxylic acids is 1. The maximum atomic E-state index is 13.0. The van der Waals surface area contributed by atoms with Gasteiger partial charge in [-0.3, -0.25) is 4.79 Å². The fourth-order valence-corrected chi connectivity index (χ4v) is 5.46. The summed E-state index contributed by atoms with van der Waals surface area (Å²) >= 11 is 12.3. The summed E-state index contributed by atoms with van der Waals surface area (Å²) in [6.07, 6.45) is 0. The molecule has 0 atom stereocenters. The Morgan fingerprint density at radius 2 is 1.69 bits per heavy atom. The first-order chi connectivity index (χ1) is 15.3. The predicted octanol–water partition coefficient (Wildman–Crippen LogP) is 4.27. The van der Waals surface area contributed by atoms with Gasteiger partial charge in [-0.15, -0.1) is 0 Å². The van der Waals surface area contributed by atoms with Crippen LogP contribution in [-0.4, -0.2) is 49.7 Å². The van der Waals surface area contributed by atoms with E-state index >= 15 is 0 Å². The van der Waals surface area contributed by atoms with Crippen LogP contribution in [0.1, 0.15) is 16.1 Å². The Morgan fingerprint density at radius 3 is 2.41 bits per heavy atom. The second kappa shape index (κ2) is 8.96. The van der Waals surface area contributed by atoms with Gasteiger partial charge >= 0.3 is 0 Å². The van der Waals surface area contributed by atoms with Gasteiger partial charge in [0.05, 0.1) is 20.5 Å². The number of carbonyl (C=O) groups is 1. The van der Waals surface area contributed by atoms with Crippen LogP contribution >= 0.6 is 23.2 Å². The Labute approximate surface area is 195 Å². The molecule has 10 heteroatoms. The molecule has 0 bridgehead atoms. The molecule has 164 valence electrons. The van der Waals surface area contributed by atoms with Crippen LogP contribution in [0.25, 0.3) is 11.3 Å². The summed E-state index contributed by atoms with van der Waals surface area (Å²) in [5, 5.41) is 9.94. The molecule has 3 aromatic rings. The van der Waals surface area contributed by atoms with Gasteiger partial charge in [-0.2, -0.15) is 9.57 Å². The molecule has 32 heavy (non-hydrogen) atoms. The van der Waals surface area contributed by atoms with Crippen LogP contribution in [0.15, 0.2) is 63.9 Å². The van der Waals surface area contributed by atoms with Crippen molar-refractivity contribution in [3.8, 4) is 17.4 Å². The third kappa shape index (κ3) is 4.12. The molecule has 0 N–H and O–H groups in total. The number of piperazine rings is 1. The number of sulfonamides is 1. The van der Waals surface area contributed by atoms with E-state index in [9.17, 15) is 18.5 Å². The topological polar surface area (TPSA) is 94.6 Å². The molecule has 1 aliphatic rings. The molecule has 2 heterocycles. The fourth-order valence-electron chi connectivity index (χ4n) is 3.50. The van der Waals surface area contributed by atoms with Gasteiger partial charge in [0.1, 0.15) is 11.8 Å². The van der Waals surface area contributed by atoms with Crippen molar-refractivity contribution in [1.29, 1.82) is 5.26 Å². The number of benzene rings is 2. The Bertz CT molecular complexity index is 1320. The Kier molecular flexibility index (Phi) is 6.26. The number of hydrogen-bond donors (Lipinski definition) is 0. The lowest BCUT2D eigenvalue weighted by Crippen LogP contribution is -2.50. The van der Waals surface area contributed by atoms with Crippen molar-refractivity contribution >= 4 is 39.1 Å². The number of nitriles is 1. The molecule has 1 saturated heterocycles. The molecule has 0 unspecified atom stereocenters. The molecule has 1 aromatic heterocycles. The van der Waals surface area contributed by atoms with Crippen LogP contribution in [0.5, 0.6) is 0 Å². The summed E-state index contributed by atoms with van der Waals surface area (Å²) in [7, 11) is -3.84. The number of rotatable bonds is 4. The van der Waals surface area contributed by atoms with Gasteiger partial charge in [-0.1, -0.05) is 41.4 Å². The van der Waals surface area contributed by atoms with E-state index in [1.54, 1.807) is 42.5 Å². The maximum absolute atomic E-state index is 13.0. The van der Waals surface area contributed by atoms with Gasteiger partial charge in [-0.05, 0) is 36.4 Å². The molecule has 0 aliphatic carbocycles. The van der Waals surface area contributed by atoms with Crippen LogP contribution in [0.2, 0.25) is 10.0 Å². The Hall–Kier alpha value is -2.83. The van der Waals surface area contributed by atoms with Gasteiger partial charge in [0, 0.05) is 31.7 Å². The third-order valence-electron chi connectivity index (χ3n) is 5.19. The van der Waals surface area contributed by atoms with Crippen molar-refractivity contribution in [2.24, 2.45) is 0 Å². The molecule has 0 spiro atoms. The molecule has 1 fully saturated rings. The maximum Gasteiger partial charge on any atom is 0.289 e. The lowest BCUT2D eigenvalue weighted by molar-refractivity contribution is 0.0667. The first-order valence-electron chi connectivity index (χ1n) is 9.65. The van der Waals surface area contributed by atoms with Gasteiger partial charge < -0.3 is 9.32 Å². The minimum Gasteiger partial charge on any atom is -0.451 e. The van der Waals surface area contributed by atoms with Gasteiger partial charge in [0.25, 0.3) is 5.91 Å². The summed E-state index contributed by atoms with van der Waals surface area (Å²) in [6.45, 7) is 0.616. The summed E-state index contributed by atoms with van der Waals surface area (Å²) < 4.78 is 32.9. The van der Waals surface area contributed by atoms with Crippen molar-refractivity contribution in [3.05, 3.63) is 76.0 Å². The molecular formula is C22H17Cl2N3O4S. The number of nitrogens with zero attached hydrogens (tertiary/aromatic N) is 3. The number of amides is 1. The molecular weight excluding hydrogens is 473 g/mol. The Morgan fingerprint density at radius 1 is 0.969 bits per heavy atom. The zero-order chi connectivity index (χ0) is 22.9. The van der Waals surface area contributed by atoms with Crippen LogP contribution < -0.4 is 0 Å². The largest absolute Gasteiger partial charge is 0.451 e. The summed E-state index contributed by atoms with van der Waals surface area (Å²) in [5.74, 6) is 0.196. The van der Waals surface area contributed by atoms with Crippen molar-refractivity contribution in [3.63, 3.8) is 0 Å². The monoisotopic (exact) mass is 489 g/mol. The van der Waals surface area contributed by atoms with E-state index in [2.05, 4.69) is 0 Å². The average molecular weight is 490 g/mol. The summed E-state index contributed by atoms with van der Waals surface area (Å²) in [6, 6.07) is 16.3. The first kappa shape index (κ1) is 22.4. The lowest BCUT2D eigenvalue weighted by Gasteiger charge is -2.33. The summed E-state index contributed by atoms with van der Waals surface area (Å²) in [5.41, 5.74) is 0.666. The van der Waals surface area contributed by atoms with E-state index in [0.717, 1.165) is 0 Å². The van der Waals surface area contributed by atoms with Crippen LogP contribution in [0.4, 0.5) is 0 Å². The van der Waals surface area contributed by atoms with Crippen LogP contribution in [-0.2, 0) is 10.0 Å². The van der Waals surface area contributed by atoms with E-state index in [1.807, 2.05) is 6.07 Å². The number of furan rings is 1. The molecule has 0 radical (unpaired) electrons. The SMILES string of the molecule is N#Cc1ccccc1S(=O)(=O)N1CCN(C(=O)c2ccc(-c3cccc(Cl)c3Cl)o2)CC1. The highest BCUT2D eigenvalue weighted by Crippen LogP contribution is 2.34. The number of hydrogen-bond acceptors (Lipinski definition) is 5. The highest BCUT2D eigenvalue weighted by atomic mass is 35.5. The third-order valence-corrected chi connectivity index (χ3v) is 7.96. The van der Waals surface area contributed by atoms with Crippen molar-refractivity contribution < 1.29 is 17.6 Å². The normalized spacial score (nSPS) is 14.8. The smallest absolute Gasteiger partial charge is 0.289 e. The minimum atomic E-state index is -3.84. The van der Waals surface area contributed by atoms with Gasteiger partial charge in [-0.25, -0.2) is 8.42 Å². The average Bonchev–Trinajstić information content (AvgIpc) is 3.30. The van der Waals surface area contributed by atoms with E-state index in [-0.39, 0.29) is 48.3 Å². The standard InChI is InChI=1S/C22H17Cl2N3O4S/c23-17-6-3-5-16(21(17)24)18-8-9-19(31-18)22(28)26-10-12-27(13-11-26)32(29,30)20-7-2-1-4-15(20)14-25/h1-9H,10-13H2. The molecule has 2 aromatic carbocycles. The molecule has 4 rings (SSSR count). The zero-order valence-electron chi connectivity index (χ0n) is 16.7. The highest BCUT2D eigenvalue weighted by molar-refractivity contribution is 7.89. The van der Waals surface area contributed by atoms with Crippen molar-refractivity contribution in [2.75, 3.05) is 26.2 Å². The molecule has 1 amide bonds. The van der Waals surface area contributed by atoms with E-state index < -0.39 is 10.0 Å². The lowest BCUT2D eigenvalue weighted by atomic mass is 10.2. The first-order valence-corrected chi connectivity index (χ1v) is 11.9. The molecule has 0 saturated carbocycles. The van der Waals surface area contributed by atoms with Gasteiger partial charge in [0.2, 0.25) is 10.0 Å². The molecule has 7 nitrogen and oxygen atoms in total. The van der Waals surface area contributed by atoms with Crippen LogP contribution in [0.3, 0.4) is 0 Å². The minimum absolute atomic E-state index is 0.0312. The molecule has 1 aliphatic heterocycles. The Balaban J connectivity index is 1.47. The predicted molar refractivity (Wildman–Crippen MR) is 120 cm³/mol. The second-order valence-corrected chi connectivity index (χ2v) is 9.76. The highest BCUT2D eigenvalue weighted by Gasteiger charge is 2.32. The van der Waals surface area contributed by atoms with Crippen molar-refractivity contribution in [1.82, 2.24) is 9.21 Å². The second-order valence-electron chi connectivity index (χ2n) is 7.07. The van der Waals surface area contributed by atoms with Gasteiger partial charge in [0.15, 0.2) is 5.76 Å². The number of halogens is 2. The van der Waals surface area contributed by atoms with Crippen molar-refractivity contribution in [2.45, 2.75) is 4.90 Å². The summed E-state index contributed by atoms with van der Waals surface area (Å²) in [4.78, 5) is 14.4. The van der Waals surface area contributed by atoms with E-state index in [1.165, 1.54) is 21.3 Å². The van der Waals surface area contributed by atoms with E-state index in [0.29, 0.717) is 21.4 Å². The zero-order valence-corrected chi connectivity index (χ0v) is 19.0. The van der Waals surface area contributed by atoms with Crippen LogP contribution in [0, 0.1) is 11.3 Å².